The highest BCUT2D eigenvalue weighted by molar-refractivity contribution is 8.26. The Bertz CT molecular complexity index is 326. The number of aliphatic hydroxyl groups is 1. The molecule has 1 saturated heterocycles. The summed E-state index contributed by atoms with van der Waals surface area (Å²) in [7, 11) is 0. The molecule has 0 aromatic heterocycles. The van der Waals surface area contributed by atoms with Crippen molar-refractivity contribution in [1.82, 2.24) is 4.90 Å². The van der Waals surface area contributed by atoms with Crippen LogP contribution >= 0.6 is 24.0 Å². The lowest BCUT2D eigenvalue weighted by atomic mass is 10.1. The first-order valence-electron chi connectivity index (χ1n) is 5.46. The monoisotopic (exact) mass is 259 g/mol. The summed E-state index contributed by atoms with van der Waals surface area (Å²) < 4.78 is 0.456. The largest absolute Gasteiger partial charge is 0.376 e. The molecule has 1 aliphatic heterocycles. The summed E-state index contributed by atoms with van der Waals surface area (Å²) in [5, 5.41) is 9.00. The van der Waals surface area contributed by atoms with Crippen molar-refractivity contribution in [3.05, 3.63) is 10.5 Å². The number of carbonyl (C=O) groups excluding carboxylic acids is 1. The van der Waals surface area contributed by atoms with Crippen molar-refractivity contribution < 1.29 is 9.90 Å². The summed E-state index contributed by atoms with van der Waals surface area (Å²) in [6.45, 7) is 3.80. The SMILES string of the molecule is CCCCCC(C)=C1SC(=S)N(CO)C1=O. The lowest BCUT2D eigenvalue weighted by Crippen LogP contribution is -2.28. The smallest absolute Gasteiger partial charge is 0.268 e. The van der Waals surface area contributed by atoms with Crippen LogP contribution in [0.15, 0.2) is 10.5 Å². The Labute approximate surface area is 106 Å². The van der Waals surface area contributed by atoms with Gasteiger partial charge in [0.15, 0.2) is 0 Å². The normalized spacial score (nSPS) is 19.6. The zero-order chi connectivity index (χ0) is 12.1. The molecule has 1 heterocycles. The minimum atomic E-state index is -0.323. The molecule has 0 saturated carbocycles. The number of thioether (sulfide) groups is 1. The Kier molecular flexibility index (Phi) is 5.44. The maximum atomic E-state index is 11.8. The van der Waals surface area contributed by atoms with Gasteiger partial charge in [-0.3, -0.25) is 9.69 Å². The molecule has 1 rings (SSSR count). The van der Waals surface area contributed by atoms with Crippen LogP contribution in [0, 0.1) is 0 Å². The third-order valence-corrected chi connectivity index (χ3v) is 4.13. The molecular weight excluding hydrogens is 242 g/mol. The van der Waals surface area contributed by atoms with Crippen molar-refractivity contribution in [2.45, 2.75) is 39.5 Å². The van der Waals surface area contributed by atoms with Crippen LogP contribution in [-0.4, -0.2) is 27.0 Å². The number of unbranched alkanes of at least 4 members (excludes halogenated alkanes) is 2. The summed E-state index contributed by atoms with van der Waals surface area (Å²) in [4.78, 5) is 13.8. The fraction of sp³-hybridized carbons (Fsp3) is 0.636. The maximum absolute atomic E-state index is 11.8. The zero-order valence-corrected chi connectivity index (χ0v) is 11.3. The molecule has 0 atom stereocenters. The molecule has 90 valence electrons. The first-order valence-corrected chi connectivity index (χ1v) is 6.68. The molecule has 1 aliphatic rings. The molecule has 3 nitrogen and oxygen atoms in total. The molecule has 1 N–H and O–H groups in total. The molecule has 0 aromatic carbocycles. The molecule has 0 aromatic rings. The highest BCUT2D eigenvalue weighted by Crippen LogP contribution is 2.34. The second-order valence-electron chi connectivity index (χ2n) is 3.81. The van der Waals surface area contributed by atoms with E-state index in [1.54, 1.807) is 0 Å². The zero-order valence-electron chi connectivity index (χ0n) is 9.65. The first kappa shape index (κ1) is 13.7. The summed E-state index contributed by atoms with van der Waals surface area (Å²) in [5.41, 5.74) is 1.08. The first-order chi connectivity index (χ1) is 7.61. The van der Waals surface area contributed by atoms with Gasteiger partial charge in [-0.05, 0) is 19.8 Å². The number of hydrogen-bond acceptors (Lipinski definition) is 4. The maximum Gasteiger partial charge on any atom is 0.268 e. The minimum Gasteiger partial charge on any atom is -0.376 e. The third kappa shape index (κ3) is 3.06. The van der Waals surface area contributed by atoms with Gasteiger partial charge in [0.1, 0.15) is 11.1 Å². The Balaban J connectivity index is 2.69. The van der Waals surface area contributed by atoms with E-state index in [1.807, 2.05) is 6.92 Å². The van der Waals surface area contributed by atoms with Crippen LogP contribution < -0.4 is 0 Å². The van der Waals surface area contributed by atoms with Crippen molar-refractivity contribution in [3.63, 3.8) is 0 Å². The molecule has 16 heavy (non-hydrogen) atoms. The van der Waals surface area contributed by atoms with Gasteiger partial charge >= 0.3 is 0 Å². The van der Waals surface area contributed by atoms with Crippen LogP contribution in [0.5, 0.6) is 0 Å². The number of nitrogens with zero attached hydrogens (tertiary/aromatic N) is 1. The van der Waals surface area contributed by atoms with Crippen LogP contribution in [0.1, 0.15) is 39.5 Å². The van der Waals surface area contributed by atoms with Crippen molar-refractivity contribution in [2.75, 3.05) is 6.73 Å². The van der Waals surface area contributed by atoms with E-state index >= 15 is 0 Å². The fourth-order valence-corrected chi connectivity index (χ4v) is 2.83. The van der Waals surface area contributed by atoms with Gasteiger partial charge < -0.3 is 5.11 Å². The molecule has 0 unspecified atom stereocenters. The van der Waals surface area contributed by atoms with Gasteiger partial charge in [0.2, 0.25) is 0 Å². The van der Waals surface area contributed by atoms with Gasteiger partial charge in [0.25, 0.3) is 5.91 Å². The summed E-state index contributed by atoms with van der Waals surface area (Å²) >= 11 is 6.32. The number of carbonyl (C=O) groups is 1. The van der Waals surface area contributed by atoms with Crippen molar-refractivity contribution in [1.29, 1.82) is 0 Å². The van der Waals surface area contributed by atoms with Crippen LogP contribution in [0.25, 0.3) is 0 Å². The van der Waals surface area contributed by atoms with Gasteiger partial charge in [-0.1, -0.05) is 49.3 Å². The van der Waals surface area contributed by atoms with Crippen molar-refractivity contribution in [3.8, 4) is 0 Å². The summed E-state index contributed by atoms with van der Waals surface area (Å²) in [5.74, 6) is -0.147. The molecule has 1 amide bonds. The van der Waals surface area contributed by atoms with Gasteiger partial charge in [0, 0.05) is 0 Å². The van der Waals surface area contributed by atoms with Crippen molar-refractivity contribution in [2.24, 2.45) is 0 Å². The lowest BCUT2D eigenvalue weighted by Gasteiger charge is -2.09. The number of hydrogen-bond donors (Lipinski definition) is 1. The molecule has 5 heteroatoms. The van der Waals surface area contributed by atoms with Crippen LogP contribution in [-0.2, 0) is 4.79 Å². The average Bonchev–Trinajstić information content (AvgIpc) is 2.54. The van der Waals surface area contributed by atoms with E-state index in [2.05, 4.69) is 6.92 Å². The number of allylic oxidation sites excluding steroid dienone is 1. The average molecular weight is 259 g/mol. The Morgan fingerprint density at radius 2 is 2.19 bits per heavy atom. The lowest BCUT2D eigenvalue weighted by molar-refractivity contribution is -0.124. The summed E-state index contributed by atoms with van der Waals surface area (Å²) in [6, 6.07) is 0. The fourth-order valence-electron chi connectivity index (χ4n) is 1.54. The van der Waals surface area contributed by atoms with E-state index in [9.17, 15) is 4.79 Å². The van der Waals surface area contributed by atoms with Gasteiger partial charge in [0.05, 0.1) is 4.91 Å². The van der Waals surface area contributed by atoms with Gasteiger partial charge in [-0.25, -0.2) is 0 Å². The van der Waals surface area contributed by atoms with Crippen LogP contribution in [0.2, 0.25) is 0 Å². The van der Waals surface area contributed by atoms with E-state index in [1.165, 1.54) is 29.5 Å². The molecule has 1 fully saturated rings. The Morgan fingerprint density at radius 1 is 1.50 bits per heavy atom. The third-order valence-electron chi connectivity index (χ3n) is 2.53. The van der Waals surface area contributed by atoms with Crippen molar-refractivity contribution >= 4 is 34.2 Å². The molecule has 0 bridgehead atoms. The topological polar surface area (TPSA) is 40.5 Å². The van der Waals surface area contributed by atoms with E-state index in [0.29, 0.717) is 9.23 Å². The van der Waals surface area contributed by atoms with Crippen LogP contribution in [0.4, 0.5) is 0 Å². The molecule has 0 radical (unpaired) electrons. The van der Waals surface area contributed by atoms with Gasteiger partial charge in [-0.2, -0.15) is 0 Å². The highest BCUT2D eigenvalue weighted by Gasteiger charge is 2.32. The second kappa shape index (κ2) is 6.37. The Hall–Kier alpha value is -0.390. The van der Waals surface area contributed by atoms with E-state index < -0.39 is 0 Å². The number of aliphatic hydroxyl groups excluding tert-OH is 1. The van der Waals surface area contributed by atoms with Gasteiger partial charge in [-0.15, -0.1) is 0 Å². The number of thiocarbonyl (C=S) groups is 1. The number of rotatable bonds is 5. The Morgan fingerprint density at radius 3 is 2.69 bits per heavy atom. The predicted molar refractivity (Wildman–Crippen MR) is 71.0 cm³/mol. The minimum absolute atomic E-state index is 0.147. The predicted octanol–water partition coefficient (Wildman–Crippen LogP) is 2.65. The van der Waals surface area contributed by atoms with E-state index in [4.69, 9.17) is 17.3 Å². The standard InChI is InChI=1S/C11H17NO2S2/c1-3-4-5-6-8(2)9-10(14)12(7-13)11(15)16-9/h13H,3-7H2,1-2H3. The number of amides is 1. The van der Waals surface area contributed by atoms with E-state index in [-0.39, 0.29) is 12.6 Å². The summed E-state index contributed by atoms with van der Waals surface area (Å²) in [6.07, 6.45) is 4.39. The second-order valence-corrected chi connectivity index (χ2v) is 5.45. The van der Waals surface area contributed by atoms with Crippen LogP contribution in [0.3, 0.4) is 0 Å². The molecule has 0 spiro atoms. The molecule has 0 aliphatic carbocycles. The van der Waals surface area contributed by atoms with E-state index in [0.717, 1.165) is 18.4 Å². The molecular formula is C11H17NO2S2. The quantitative estimate of drug-likeness (QED) is 0.468. The highest BCUT2D eigenvalue weighted by atomic mass is 32.2.